The van der Waals surface area contributed by atoms with Gasteiger partial charge in [0, 0.05) is 10.1 Å². The number of aryl methyl sites for hydroxylation is 1. The Morgan fingerprint density at radius 3 is 2.43 bits per heavy atom. The van der Waals surface area contributed by atoms with E-state index >= 15 is 0 Å². The van der Waals surface area contributed by atoms with Crippen LogP contribution in [0.5, 0.6) is 0 Å². The van der Waals surface area contributed by atoms with E-state index in [1.54, 1.807) is 0 Å². The second kappa shape index (κ2) is 6.10. The van der Waals surface area contributed by atoms with Crippen molar-refractivity contribution in [2.24, 2.45) is 5.73 Å². The molecule has 1 aromatic carbocycles. The largest absolute Gasteiger partial charge is 0.330 e. The molecular weight excluding hydrogens is 190 g/mol. The normalized spacial score (nSPS) is 12.8. The SMILES string of the molecule is CCc1ccc(SC(C)CCN)cc1. The van der Waals surface area contributed by atoms with Crippen LogP contribution < -0.4 is 5.73 Å². The second-order valence-corrected chi connectivity index (χ2v) is 5.02. The quantitative estimate of drug-likeness (QED) is 0.754. The molecule has 0 amide bonds. The summed E-state index contributed by atoms with van der Waals surface area (Å²) in [5.41, 5.74) is 6.92. The maximum Gasteiger partial charge on any atom is 0.00780 e. The minimum Gasteiger partial charge on any atom is -0.330 e. The first-order valence-corrected chi connectivity index (χ1v) is 6.10. The average molecular weight is 209 g/mol. The van der Waals surface area contributed by atoms with E-state index in [1.807, 2.05) is 11.8 Å². The molecule has 0 bridgehead atoms. The molecule has 0 spiro atoms. The molecule has 1 nitrogen and oxygen atoms in total. The van der Waals surface area contributed by atoms with Gasteiger partial charge < -0.3 is 5.73 Å². The number of thioether (sulfide) groups is 1. The van der Waals surface area contributed by atoms with Crippen molar-refractivity contribution in [3.8, 4) is 0 Å². The number of rotatable bonds is 5. The molecule has 0 heterocycles. The molecule has 0 radical (unpaired) electrons. The van der Waals surface area contributed by atoms with Gasteiger partial charge in [-0.3, -0.25) is 0 Å². The Kier molecular flexibility index (Phi) is 5.05. The van der Waals surface area contributed by atoms with Gasteiger partial charge in [0.05, 0.1) is 0 Å². The van der Waals surface area contributed by atoms with Gasteiger partial charge in [-0.1, -0.05) is 26.0 Å². The smallest absolute Gasteiger partial charge is 0.00780 e. The summed E-state index contributed by atoms with van der Waals surface area (Å²) in [4.78, 5) is 1.35. The minimum atomic E-state index is 0.618. The Morgan fingerprint density at radius 2 is 1.93 bits per heavy atom. The zero-order chi connectivity index (χ0) is 10.4. The molecule has 0 fully saturated rings. The third-order valence-corrected chi connectivity index (χ3v) is 3.42. The van der Waals surface area contributed by atoms with Gasteiger partial charge in [0.2, 0.25) is 0 Å². The van der Waals surface area contributed by atoms with Crippen LogP contribution in [0.15, 0.2) is 29.2 Å². The highest BCUT2D eigenvalue weighted by Crippen LogP contribution is 2.24. The molecule has 1 atom stereocenters. The second-order valence-electron chi connectivity index (χ2n) is 3.50. The fourth-order valence-electron chi connectivity index (χ4n) is 1.33. The van der Waals surface area contributed by atoms with Crippen LogP contribution in [0.3, 0.4) is 0 Å². The molecule has 0 saturated carbocycles. The van der Waals surface area contributed by atoms with Crippen LogP contribution in [-0.4, -0.2) is 11.8 Å². The molecule has 0 aromatic heterocycles. The van der Waals surface area contributed by atoms with Crippen molar-refractivity contribution >= 4 is 11.8 Å². The highest BCUT2D eigenvalue weighted by molar-refractivity contribution is 7.99. The molecule has 78 valence electrons. The lowest BCUT2D eigenvalue weighted by Crippen LogP contribution is -2.06. The highest BCUT2D eigenvalue weighted by Gasteiger charge is 2.02. The Balaban J connectivity index is 2.50. The van der Waals surface area contributed by atoms with Crippen LogP contribution in [0.4, 0.5) is 0 Å². The third kappa shape index (κ3) is 3.72. The van der Waals surface area contributed by atoms with Crippen LogP contribution in [0.1, 0.15) is 25.8 Å². The van der Waals surface area contributed by atoms with Crippen molar-refractivity contribution in [3.63, 3.8) is 0 Å². The Hall–Kier alpha value is -0.470. The summed E-state index contributed by atoms with van der Waals surface area (Å²) in [6.45, 7) is 5.19. The lowest BCUT2D eigenvalue weighted by molar-refractivity contribution is 0.823. The van der Waals surface area contributed by atoms with Crippen LogP contribution in [0.2, 0.25) is 0 Å². The van der Waals surface area contributed by atoms with Crippen molar-refractivity contribution in [3.05, 3.63) is 29.8 Å². The van der Waals surface area contributed by atoms with E-state index < -0.39 is 0 Å². The molecule has 0 aliphatic heterocycles. The summed E-state index contributed by atoms with van der Waals surface area (Å²) in [7, 11) is 0. The Bertz CT molecular complexity index is 256. The lowest BCUT2D eigenvalue weighted by Gasteiger charge is -2.09. The molecule has 1 unspecified atom stereocenters. The van der Waals surface area contributed by atoms with Gasteiger partial charge in [-0.2, -0.15) is 0 Å². The summed E-state index contributed by atoms with van der Waals surface area (Å²) >= 11 is 1.91. The van der Waals surface area contributed by atoms with Crippen LogP contribution in [-0.2, 0) is 6.42 Å². The zero-order valence-electron chi connectivity index (χ0n) is 8.99. The first kappa shape index (κ1) is 11.6. The molecule has 0 saturated heterocycles. The van der Waals surface area contributed by atoms with Gasteiger partial charge in [-0.15, -0.1) is 11.8 Å². The van der Waals surface area contributed by atoms with Gasteiger partial charge >= 0.3 is 0 Å². The van der Waals surface area contributed by atoms with E-state index in [1.165, 1.54) is 10.5 Å². The molecule has 0 aliphatic rings. The van der Waals surface area contributed by atoms with Crippen LogP contribution in [0.25, 0.3) is 0 Å². The van der Waals surface area contributed by atoms with Gasteiger partial charge in [0.25, 0.3) is 0 Å². The Labute approximate surface area is 91.1 Å². The van der Waals surface area contributed by atoms with Gasteiger partial charge in [-0.05, 0) is 37.1 Å². The molecule has 1 aromatic rings. The standard InChI is InChI=1S/C12H19NS/c1-3-11-4-6-12(7-5-11)14-10(2)8-9-13/h4-7,10H,3,8-9,13H2,1-2H3. The topological polar surface area (TPSA) is 26.0 Å². The number of hydrogen-bond acceptors (Lipinski definition) is 2. The summed E-state index contributed by atoms with van der Waals surface area (Å²) in [6, 6.07) is 8.82. The Morgan fingerprint density at radius 1 is 1.29 bits per heavy atom. The first-order valence-electron chi connectivity index (χ1n) is 5.22. The van der Waals surface area contributed by atoms with E-state index in [4.69, 9.17) is 5.73 Å². The molecule has 2 N–H and O–H groups in total. The zero-order valence-corrected chi connectivity index (χ0v) is 9.81. The average Bonchev–Trinajstić information content (AvgIpc) is 2.19. The molecule has 0 aliphatic carbocycles. The van der Waals surface area contributed by atoms with Gasteiger partial charge in [0.1, 0.15) is 0 Å². The molecular formula is C12H19NS. The van der Waals surface area contributed by atoms with Crippen molar-refractivity contribution in [2.45, 2.75) is 36.8 Å². The fraction of sp³-hybridized carbons (Fsp3) is 0.500. The van der Waals surface area contributed by atoms with E-state index in [-0.39, 0.29) is 0 Å². The van der Waals surface area contributed by atoms with E-state index in [2.05, 4.69) is 38.1 Å². The van der Waals surface area contributed by atoms with Crippen molar-refractivity contribution in [1.82, 2.24) is 0 Å². The van der Waals surface area contributed by atoms with E-state index in [0.717, 1.165) is 19.4 Å². The van der Waals surface area contributed by atoms with Crippen molar-refractivity contribution < 1.29 is 0 Å². The number of hydrogen-bond donors (Lipinski definition) is 1. The minimum absolute atomic E-state index is 0.618. The maximum atomic E-state index is 5.52. The highest BCUT2D eigenvalue weighted by atomic mass is 32.2. The predicted molar refractivity (Wildman–Crippen MR) is 64.8 cm³/mol. The molecule has 2 heteroatoms. The van der Waals surface area contributed by atoms with E-state index in [0.29, 0.717) is 5.25 Å². The van der Waals surface area contributed by atoms with E-state index in [9.17, 15) is 0 Å². The fourth-order valence-corrected chi connectivity index (χ4v) is 2.34. The van der Waals surface area contributed by atoms with Gasteiger partial charge in [-0.25, -0.2) is 0 Å². The lowest BCUT2D eigenvalue weighted by atomic mass is 10.2. The third-order valence-electron chi connectivity index (χ3n) is 2.24. The number of nitrogens with two attached hydrogens (primary N) is 1. The summed E-state index contributed by atoms with van der Waals surface area (Å²) in [6.07, 6.45) is 2.20. The predicted octanol–water partition coefficient (Wildman–Crippen LogP) is 3.08. The van der Waals surface area contributed by atoms with Crippen molar-refractivity contribution in [2.75, 3.05) is 6.54 Å². The van der Waals surface area contributed by atoms with Gasteiger partial charge in [0.15, 0.2) is 0 Å². The first-order chi connectivity index (χ1) is 6.76. The van der Waals surface area contributed by atoms with Crippen LogP contribution >= 0.6 is 11.8 Å². The summed E-state index contributed by atoms with van der Waals surface area (Å²) in [5, 5.41) is 0.618. The monoisotopic (exact) mass is 209 g/mol. The summed E-state index contributed by atoms with van der Waals surface area (Å²) < 4.78 is 0. The van der Waals surface area contributed by atoms with Crippen LogP contribution in [0, 0.1) is 0 Å². The summed E-state index contributed by atoms with van der Waals surface area (Å²) in [5.74, 6) is 0. The molecule has 14 heavy (non-hydrogen) atoms. The number of benzene rings is 1. The van der Waals surface area contributed by atoms with Crippen molar-refractivity contribution in [1.29, 1.82) is 0 Å². The maximum absolute atomic E-state index is 5.52. The molecule has 1 rings (SSSR count).